The number of anilines is 2. The number of hydrogen-bond donors (Lipinski definition) is 3. The predicted molar refractivity (Wildman–Crippen MR) is 122 cm³/mol. The third-order valence-electron chi connectivity index (χ3n) is 5.29. The first-order valence-corrected chi connectivity index (χ1v) is 10.9. The van der Waals surface area contributed by atoms with E-state index in [2.05, 4.69) is 30.5 Å². The first kappa shape index (κ1) is 20.2. The molecule has 0 bridgehead atoms. The molecule has 5 heterocycles. The fourth-order valence-electron chi connectivity index (χ4n) is 3.66. The SMILES string of the molecule is COc1cc2c(O)n(-c3nc(C(=O)Nc4cnccc4N4CCNCC4)cs3)cc2cn1. The zero-order chi connectivity index (χ0) is 22.1. The molecule has 1 saturated heterocycles. The highest BCUT2D eigenvalue weighted by Crippen LogP contribution is 2.33. The van der Waals surface area contributed by atoms with Crippen molar-refractivity contribution in [3.63, 3.8) is 0 Å². The molecular formula is C21H21N7O3S. The summed E-state index contributed by atoms with van der Waals surface area (Å²) < 4.78 is 6.66. The van der Waals surface area contributed by atoms with E-state index < -0.39 is 0 Å². The number of thiazole rings is 1. The normalized spacial score (nSPS) is 14.0. The van der Waals surface area contributed by atoms with Gasteiger partial charge in [-0.2, -0.15) is 0 Å². The lowest BCUT2D eigenvalue weighted by Gasteiger charge is -2.30. The summed E-state index contributed by atoms with van der Waals surface area (Å²) in [6.07, 6.45) is 6.71. The van der Waals surface area contributed by atoms with Crippen LogP contribution in [0.25, 0.3) is 15.9 Å². The Morgan fingerprint density at radius 3 is 2.97 bits per heavy atom. The molecule has 0 unspecified atom stereocenters. The number of carbonyl (C=O) groups is 1. The number of methoxy groups -OCH3 is 1. The van der Waals surface area contributed by atoms with Gasteiger partial charge in [0.25, 0.3) is 5.91 Å². The van der Waals surface area contributed by atoms with E-state index >= 15 is 0 Å². The topological polar surface area (TPSA) is 117 Å². The highest BCUT2D eigenvalue weighted by molar-refractivity contribution is 7.12. The fourth-order valence-corrected chi connectivity index (χ4v) is 4.44. The van der Waals surface area contributed by atoms with Crippen molar-refractivity contribution in [2.75, 3.05) is 43.5 Å². The van der Waals surface area contributed by atoms with Crippen LogP contribution in [-0.2, 0) is 0 Å². The van der Waals surface area contributed by atoms with Gasteiger partial charge in [-0.15, -0.1) is 11.3 Å². The molecule has 0 atom stereocenters. The van der Waals surface area contributed by atoms with E-state index in [1.165, 1.54) is 23.0 Å². The largest absolute Gasteiger partial charge is 0.494 e. The fraction of sp³-hybridized carbons (Fsp3) is 0.238. The lowest BCUT2D eigenvalue weighted by atomic mass is 10.2. The number of fused-ring (bicyclic) bond motifs is 1. The molecule has 11 heteroatoms. The summed E-state index contributed by atoms with van der Waals surface area (Å²) in [5.74, 6) is 0.0770. The van der Waals surface area contributed by atoms with E-state index in [1.807, 2.05) is 6.07 Å². The minimum Gasteiger partial charge on any atom is -0.494 e. The van der Waals surface area contributed by atoms with Gasteiger partial charge in [-0.05, 0) is 6.07 Å². The van der Waals surface area contributed by atoms with Gasteiger partial charge in [-0.1, -0.05) is 0 Å². The van der Waals surface area contributed by atoms with Gasteiger partial charge < -0.3 is 25.4 Å². The molecule has 1 aliphatic rings. The van der Waals surface area contributed by atoms with Crippen molar-refractivity contribution in [2.24, 2.45) is 0 Å². The molecule has 10 nitrogen and oxygen atoms in total. The first-order valence-electron chi connectivity index (χ1n) is 10.0. The Hall–Kier alpha value is -3.70. The molecule has 0 radical (unpaired) electrons. The van der Waals surface area contributed by atoms with Crippen molar-refractivity contribution in [1.82, 2.24) is 24.8 Å². The Kier molecular flexibility index (Phi) is 5.33. The van der Waals surface area contributed by atoms with Gasteiger partial charge in [-0.25, -0.2) is 9.97 Å². The molecular weight excluding hydrogens is 430 g/mol. The number of nitrogens with zero attached hydrogens (tertiary/aromatic N) is 5. The quantitative estimate of drug-likeness (QED) is 0.423. The zero-order valence-corrected chi connectivity index (χ0v) is 18.1. The maximum atomic E-state index is 12.9. The second kappa shape index (κ2) is 8.44. The van der Waals surface area contributed by atoms with Crippen molar-refractivity contribution in [3.8, 4) is 16.9 Å². The first-order chi connectivity index (χ1) is 15.6. The molecule has 1 amide bonds. The van der Waals surface area contributed by atoms with Gasteiger partial charge in [0, 0.05) is 61.6 Å². The molecule has 4 aromatic rings. The molecule has 3 N–H and O–H groups in total. The summed E-state index contributed by atoms with van der Waals surface area (Å²) in [6, 6.07) is 3.56. The number of nitrogens with one attached hydrogen (secondary N) is 2. The van der Waals surface area contributed by atoms with Crippen molar-refractivity contribution in [1.29, 1.82) is 0 Å². The lowest BCUT2D eigenvalue weighted by molar-refractivity contribution is 0.102. The highest BCUT2D eigenvalue weighted by atomic mass is 32.1. The summed E-state index contributed by atoms with van der Waals surface area (Å²) in [7, 11) is 1.52. The number of hydrogen-bond acceptors (Lipinski definition) is 9. The number of aromatic nitrogens is 4. The average molecular weight is 452 g/mol. The summed E-state index contributed by atoms with van der Waals surface area (Å²) in [6.45, 7) is 3.49. The van der Waals surface area contributed by atoms with Crippen molar-refractivity contribution >= 4 is 39.4 Å². The molecule has 4 aromatic heterocycles. The van der Waals surface area contributed by atoms with Crippen LogP contribution in [0.3, 0.4) is 0 Å². The van der Waals surface area contributed by atoms with Crippen LogP contribution >= 0.6 is 11.3 Å². The standard InChI is InChI=1S/C21H21N7O3S/c1-31-18-8-14-13(9-24-18)11-28(20(14)30)21-26-16(12-32-21)19(29)25-15-10-23-3-2-17(15)27-6-4-22-5-7-27/h2-3,8-12,22,30H,4-7H2,1H3,(H,25,29). The van der Waals surface area contributed by atoms with Crippen LogP contribution in [0.4, 0.5) is 11.4 Å². The Labute approximate surface area is 187 Å². The summed E-state index contributed by atoms with van der Waals surface area (Å²) in [5, 5.41) is 20.4. The van der Waals surface area contributed by atoms with Crippen LogP contribution in [0.5, 0.6) is 11.8 Å². The zero-order valence-electron chi connectivity index (χ0n) is 17.3. The molecule has 0 spiro atoms. The van der Waals surface area contributed by atoms with Gasteiger partial charge in [0.15, 0.2) is 5.13 Å². The summed E-state index contributed by atoms with van der Waals surface area (Å²) >= 11 is 1.26. The molecule has 32 heavy (non-hydrogen) atoms. The smallest absolute Gasteiger partial charge is 0.275 e. The number of aromatic hydroxyl groups is 1. The van der Waals surface area contributed by atoms with Crippen molar-refractivity contribution in [3.05, 3.63) is 48.0 Å². The van der Waals surface area contributed by atoms with Gasteiger partial charge in [0.2, 0.25) is 11.8 Å². The monoisotopic (exact) mass is 451 g/mol. The number of carbonyl (C=O) groups excluding carboxylic acids is 1. The second-order valence-electron chi connectivity index (χ2n) is 7.24. The van der Waals surface area contributed by atoms with Gasteiger partial charge in [0.05, 0.1) is 30.1 Å². The summed E-state index contributed by atoms with van der Waals surface area (Å²) in [5.41, 5.74) is 1.83. The van der Waals surface area contributed by atoms with E-state index in [1.54, 1.807) is 36.2 Å². The minimum absolute atomic E-state index is 0.00950. The van der Waals surface area contributed by atoms with Gasteiger partial charge in [-0.3, -0.25) is 14.3 Å². The minimum atomic E-state index is -0.337. The van der Waals surface area contributed by atoms with Crippen LogP contribution in [0.1, 0.15) is 10.5 Å². The number of amides is 1. The highest BCUT2D eigenvalue weighted by Gasteiger charge is 2.19. The summed E-state index contributed by atoms with van der Waals surface area (Å²) in [4.78, 5) is 27.9. The maximum Gasteiger partial charge on any atom is 0.275 e. The Morgan fingerprint density at radius 2 is 2.16 bits per heavy atom. The molecule has 0 saturated carbocycles. The third kappa shape index (κ3) is 3.72. The van der Waals surface area contributed by atoms with Crippen LogP contribution in [-0.4, -0.2) is 63.8 Å². The lowest BCUT2D eigenvalue weighted by Crippen LogP contribution is -2.43. The number of pyridine rings is 2. The second-order valence-corrected chi connectivity index (χ2v) is 8.07. The van der Waals surface area contributed by atoms with E-state index in [0.29, 0.717) is 22.1 Å². The number of ether oxygens (including phenoxy) is 1. The molecule has 1 aliphatic heterocycles. The van der Waals surface area contributed by atoms with Crippen LogP contribution < -0.4 is 20.3 Å². The Bertz CT molecular complexity index is 1280. The Morgan fingerprint density at radius 1 is 1.31 bits per heavy atom. The Balaban J connectivity index is 1.39. The number of rotatable bonds is 5. The van der Waals surface area contributed by atoms with E-state index in [-0.39, 0.29) is 17.5 Å². The average Bonchev–Trinajstić information content (AvgIpc) is 3.45. The van der Waals surface area contributed by atoms with Crippen molar-refractivity contribution in [2.45, 2.75) is 0 Å². The third-order valence-corrected chi connectivity index (χ3v) is 6.13. The molecule has 0 aliphatic carbocycles. The molecule has 1 fully saturated rings. The molecule has 0 aromatic carbocycles. The van der Waals surface area contributed by atoms with E-state index in [9.17, 15) is 9.90 Å². The predicted octanol–water partition coefficient (Wildman–Crippen LogP) is 2.25. The molecule has 164 valence electrons. The maximum absolute atomic E-state index is 12.9. The number of piperazine rings is 1. The van der Waals surface area contributed by atoms with Gasteiger partial charge in [0.1, 0.15) is 5.69 Å². The van der Waals surface area contributed by atoms with Crippen LogP contribution in [0, 0.1) is 0 Å². The van der Waals surface area contributed by atoms with E-state index in [0.717, 1.165) is 37.3 Å². The van der Waals surface area contributed by atoms with Crippen LogP contribution in [0.2, 0.25) is 0 Å². The van der Waals surface area contributed by atoms with Crippen LogP contribution in [0.15, 0.2) is 42.3 Å². The van der Waals surface area contributed by atoms with Crippen molar-refractivity contribution < 1.29 is 14.6 Å². The van der Waals surface area contributed by atoms with Gasteiger partial charge >= 0.3 is 0 Å². The molecule has 5 rings (SSSR count). The van der Waals surface area contributed by atoms with E-state index in [4.69, 9.17) is 4.74 Å².